The first-order valence-electron chi connectivity index (χ1n) is 9.88. The molecule has 0 fully saturated rings. The van der Waals surface area contributed by atoms with E-state index in [0.717, 1.165) is 12.0 Å². The molecule has 22 heavy (non-hydrogen) atoms. The minimum absolute atomic E-state index is 0.866. The molecular weight excluding hydrogens is 266 g/mol. The van der Waals surface area contributed by atoms with Crippen molar-refractivity contribution >= 4 is 0 Å². The third-order valence-corrected chi connectivity index (χ3v) is 4.43. The second kappa shape index (κ2) is 18.3. The van der Waals surface area contributed by atoms with Crippen LogP contribution in [0.2, 0.25) is 0 Å². The topological polar surface area (TPSA) is 23.8 Å². The minimum atomic E-state index is 0.866. The number of unbranched alkanes of at least 4 members (excludes halogenated alkanes) is 15. The first kappa shape index (κ1) is 21.2. The van der Waals surface area contributed by atoms with Gasteiger partial charge in [0.05, 0.1) is 6.07 Å². The quantitative estimate of drug-likeness (QED) is 0.211. The summed E-state index contributed by atoms with van der Waals surface area (Å²) in [5.74, 6) is 0. The summed E-state index contributed by atoms with van der Waals surface area (Å²) in [6.07, 6.45) is 24.3. The summed E-state index contributed by atoms with van der Waals surface area (Å²) in [5.41, 5.74) is 0.866. The summed E-state index contributed by atoms with van der Waals surface area (Å²) in [6, 6.07) is 2.18. The van der Waals surface area contributed by atoms with Crippen molar-refractivity contribution in [2.24, 2.45) is 0 Å². The Morgan fingerprint density at radius 3 is 1.41 bits per heavy atom. The summed E-state index contributed by atoms with van der Waals surface area (Å²) in [6.45, 7) is 4.18. The van der Waals surface area contributed by atoms with E-state index in [1.54, 1.807) is 0 Å². The van der Waals surface area contributed by atoms with Crippen LogP contribution in [0.5, 0.6) is 0 Å². The maximum Gasteiger partial charge on any atom is 0.0940 e. The molecule has 0 N–H and O–H groups in total. The third kappa shape index (κ3) is 17.3. The Morgan fingerprint density at radius 1 is 0.682 bits per heavy atom. The predicted molar refractivity (Wildman–Crippen MR) is 98.9 cm³/mol. The van der Waals surface area contributed by atoms with E-state index in [0.29, 0.717) is 0 Å². The molecule has 0 rings (SSSR count). The van der Waals surface area contributed by atoms with E-state index in [-0.39, 0.29) is 0 Å². The lowest BCUT2D eigenvalue weighted by Crippen LogP contribution is -1.83. The van der Waals surface area contributed by atoms with Gasteiger partial charge in [-0.05, 0) is 19.8 Å². The molecule has 0 aromatic rings. The highest BCUT2D eigenvalue weighted by molar-refractivity contribution is 5.16. The van der Waals surface area contributed by atoms with Crippen molar-refractivity contribution in [1.29, 1.82) is 5.26 Å². The zero-order valence-electron chi connectivity index (χ0n) is 15.3. The van der Waals surface area contributed by atoms with Crippen molar-refractivity contribution < 1.29 is 0 Å². The lowest BCUT2D eigenvalue weighted by Gasteiger charge is -2.03. The minimum Gasteiger partial charge on any atom is -0.193 e. The van der Waals surface area contributed by atoms with Crippen molar-refractivity contribution in [2.75, 3.05) is 0 Å². The molecule has 0 amide bonds. The second-order valence-electron chi connectivity index (χ2n) is 6.74. The summed E-state index contributed by atoms with van der Waals surface area (Å²) >= 11 is 0. The highest BCUT2D eigenvalue weighted by Gasteiger charge is 1.94. The van der Waals surface area contributed by atoms with Gasteiger partial charge in [0.25, 0.3) is 0 Å². The summed E-state index contributed by atoms with van der Waals surface area (Å²) in [4.78, 5) is 0. The van der Waals surface area contributed by atoms with Crippen LogP contribution in [-0.2, 0) is 0 Å². The van der Waals surface area contributed by atoms with E-state index in [9.17, 15) is 0 Å². The molecule has 0 spiro atoms. The average molecular weight is 306 g/mol. The molecule has 0 bridgehead atoms. The Balaban J connectivity index is 3.04. The zero-order valence-corrected chi connectivity index (χ0v) is 15.3. The molecule has 0 saturated carbocycles. The first-order valence-corrected chi connectivity index (χ1v) is 9.88. The lowest BCUT2D eigenvalue weighted by atomic mass is 10.0. The number of nitrogens with zero attached hydrogens (tertiary/aromatic N) is 1. The van der Waals surface area contributed by atoms with Crippen LogP contribution in [0.1, 0.15) is 117 Å². The van der Waals surface area contributed by atoms with Crippen molar-refractivity contribution in [3.05, 3.63) is 11.6 Å². The van der Waals surface area contributed by atoms with Crippen LogP contribution >= 0.6 is 0 Å². The fourth-order valence-electron chi connectivity index (χ4n) is 2.88. The maximum absolute atomic E-state index is 8.64. The maximum atomic E-state index is 8.64. The van der Waals surface area contributed by atoms with Crippen LogP contribution in [0.3, 0.4) is 0 Å². The highest BCUT2D eigenvalue weighted by Crippen LogP contribution is 2.13. The summed E-state index contributed by atoms with van der Waals surface area (Å²) < 4.78 is 0. The lowest BCUT2D eigenvalue weighted by molar-refractivity contribution is 0.533. The van der Waals surface area contributed by atoms with Crippen molar-refractivity contribution in [3.8, 4) is 6.07 Å². The molecule has 128 valence electrons. The fraction of sp³-hybridized carbons (Fsp3) is 0.857. The highest BCUT2D eigenvalue weighted by atomic mass is 14.2. The number of hydrogen-bond donors (Lipinski definition) is 0. The number of rotatable bonds is 16. The smallest absolute Gasteiger partial charge is 0.0940 e. The second-order valence-corrected chi connectivity index (χ2v) is 6.74. The van der Waals surface area contributed by atoms with Gasteiger partial charge in [-0.25, -0.2) is 0 Å². The van der Waals surface area contributed by atoms with Gasteiger partial charge >= 0.3 is 0 Å². The Bertz CT molecular complexity index is 285. The van der Waals surface area contributed by atoms with Crippen LogP contribution in [-0.4, -0.2) is 0 Å². The molecule has 0 aliphatic rings. The van der Waals surface area contributed by atoms with Crippen molar-refractivity contribution in [2.45, 2.75) is 117 Å². The molecular formula is C21H39N. The van der Waals surface area contributed by atoms with Gasteiger partial charge in [0.15, 0.2) is 0 Å². The molecule has 0 aliphatic carbocycles. The molecule has 0 heterocycles. The van der Waals surface area contributed by atoms with Crippen molar-refractivity contribution in [1.82, 2.24) is 0 Å². The van der Waals surface area contributed by atoms with Gasteiger partial charge in [-0.1, -0.05) is 103 Å². The number of hydrogen-bond acceptors (Lipinski definition) is 1. The van der Waals surface area contributed by atoms with Gasteiger partial charge in [-0.15, -0.1) is 0 Å². The van der Waals surface area contributed by atoms with Crippen molar-refractivity contribution in [3.63, 3.8) is 0 Å². The zero-order chi connectivity index (χ0) is 16.3. The van der Waals surface area contributed by atoms with Crippen LogP contribution in [0.25, 0.3) is 0 Å². The van der Waals surface area contributed by atoms with E-state index < -0.39 is 0 Å². The Morgan fingerprint density at radius 2 is 1.05 bits per heavy atom. The third-order valence-electron chi connectivity index (χ3n) is 4.43. The molecule has 1 heteroatoms. The SMILES string of the molecule is CCCCCCCCCCCCCCCCCC=C(C)C#N. The molecule has 0 saturated heterocycles. The van der Waals surface area contributed by atoms with Crippen LogP contribution in [0.4, 0.5) is 0 Å². The van der Waals surface area contributed by atoms with Gasteiger partial charge in [0.2, 0.25) is 0 Å². The van der Waals surface area contributed by atoms with Crippen LogP contribution < -0.4 is 0 Å². The van der Waals surface area contributed by atoms with Gasteiger partial charge in [0.1, 0.15) is 0 Å². The number of nitriles is 1. The molecule has 0 radical (unpaired) electrons. The first-order chi connectivity index (χ1) is 10.8. The standard InChI is InChI=1S/C21H39N/c1-3-4-5-6-7-8-9-10-11-12-13-14-15-16-17-18-19-21(2)20-22/h19H,3-18H2,1-2H3. The van der Waals surface area contributed by atoms with Crippen LogP contribution in [0, 0.1) is 11.3 Å². The van der Waals surface area contributed by atoms with Gasteiger partial charge < -0.3 is 0 Å². The Labute approximate surface area is 140 Å². The normalized spacial score (nSPS) is 11.6. The van der Waals surface area contributed by atoms with E-state index in [1.807, 2.05) is 6.92 Å². The van der Waals surface area contributed by atoms with Crippen LogP contribution in [0.15, 0.2) is 11.6 Å². The van der Waals surface area contributed by atoms with Gasteiger partial charge in [0, 0.05) is 5.57 Å². The van der Waals surface area contributed by atoms with Gasteiger partial charge in [-0.3, -0.25) is 0 Å². The largest absolute Gasteiger partial charge is 0.193 e. The van der Waals surface area contributed by atoms with E-state index >= 15 is 0 Å². The monoisotopic (exact) mass is 305 g/mol. The Hall–Kier alpha value is -0.770. The van der Waals surface area contributed by atoms with E-state index in [4.69, 9.17) is 5.26 Å². The fourth-order valence-corrected chi connectivity index (χ4v) is 2.88. The molecule has 0 aliphatic heterocycles. The molecule has 0 aromatic carbocycles. The van der Waals surface area contributed by atoms with Gasteiger partial charge in [-0.2, -0.15) is 5.26 Å². The molecule has 0 unspecified atom stereocenters. The average Bonchev–Trinajstić information content (AvgIpc) is 2.54. The van der Waals surface area contributed by atoms with E-state index in [1.165, 1.54) is 96.3 Å². The summed E-state index contributed by atoms with van der Waals surface area (Å²) in [7, 11) is 0. The predicted octanol–water partition coefficient (Wildman–Crippen LogP) is 7.72. The Kier molecular flexibility index (Phi) is 17.6. The molecule has 1 nitrogen and oxygen atoms in total. The number of allylic oxidation sites excluding steroid dienone is 2. The summed E-state index contributed by atoms with van der Waals surface area (Å²) in [5, 5.41) is 8.64. The van der Waals surface area contributed by atoms with E-state index in [2.05, 4.69) is 19.1 Å². The molecule has 0 aromatic heterocycles. The molecule has 0 atom stereocenters.